The second-order valence-corrected chi connectivity index (χ2v) is 6.31. The SMILES string of the molecule is Clc1cc(Cl)c(OCCCCCN2CCOCC2)c(Cl)c1. The molecule has 0 spiro atoms. The molecule has 1 fully saturated rings. The first-order valence-corrected chi connectivity index (χ1v) is 8.37. The third-order valence-corrected chi connectivity index (χ3v) is 4.21. The number of rotatable bonds is 7. The monoisotopic (exact) mass is 351 g/mol. The minimum Gasteiger partial charge on any atom is -0.490 e. The van der Waals surface area contributed by atoms with Crippen LogP contribution in [0.2, 0.25) is 15.1 Å². The zero-order valence-electron chi connectivity index (χ0n) is 11.9. The van der Waals surface area contributed by atoms with Crippen molar-refractivity contribution in [3.8, 4) is 5.75 Å². The summed E-state index contributed by atoms with van der Waals surface area (Å²) in [7, 11) is 0. The van der Waals surface area contributed by atoms with Crippen molar-refractivity contribution in [3.05, 3.63) is 27.2 Å². The Morgan fingerprint density at radius 3 is 2.33 bits per heavy atom. The van der Waals surface area contributed by atoms with Crippen molar-refractivity contribution in [2.24, 2.45) is 0 Å². The number of ether oxygens (including phenoxy) is 2. The molecule has 1 aliphatic heterocycles. The molecule has 0 aliphatic carbocycles. The fraction of sp³-hybridized carbons (Fsp3) is 0.600. The molecule has 6 heteroatoms. The van der Waals surface area contributed by atoms with E-state index in [1.54, 1.807) is 12.1 Å². The molecule has 0 unspecified atom stereocenters. The Hall–Kier alpha value is -0.190. The molecule has 0 radical (unpaired) electrons. The van der Waals surface area contributed by atoms with Crippen LogP contribution in [-0.2, 0) is 4.74 Å². The minimum atomic E-state index is 0.459. The maximum Gasteiger partial charge on any atom is 0.156 e. The van der Waals surface area contributed by atoms with Crippen LogP contribution in [0.15, 0.2) is 12.1 Å². The summed E-state index contributed by atoms with van der Waals surface area (Å²) in [4.78, 5) is 2.44. The van der Waals surface area contributed by atoms with E-state index in [2.05, 4.69) is 4.90 Å². The molecule has 21 heavy (non-hydrogen) atoms. The standard InChI is InChI=1S/C15H20Cl3NO2/c16-12-10-13(17)15(14(18)11-12)21-7-3-1-2-4-19-5-8-20-9-6-19/h10-11H,1-9H2. The van der Waals surface area contributed by atoms with Crippen molar-refractivity contribution in [1.29, 1.82) is 0 Å². The Labute approximate surface area is 141 Å². The highest BCUT2D eigenvalue weighted by molar-refractivity contribution is 6.40. The molecule has 1 heterocycles. The lowest BCUT2D eigenvalue weighted by molar-refractivity contribution is 0.0370. The van der Waals surface area contributed by atoms with Gasteiger partial charge in [0.05, 0.1) is 29.9 Å². The Balaban J connectivity index is 1.61. The number of benzene rings is 1. The highest BCUT2D eigenvalue weighted by Gasteiger charge is 2.10. The van der Waals surface area contributed by atoms with Gasteiger partial charge in [-0.25, -0.2) is 0 Å². The number of nitrogens with zero attached hydrogens (tertiary/aromatic N) is 1. The predicted molar refractivity (Wildman–Crippen MR) is 88.1 cm³/mol. The second-order valence-electron chi connectivity index (χ2n) is 5.06. The molecule has 2 rings (SSSR count). The van der Waals surface area contributed by atoms with Gasteiger partial charge in [0.1, 0.15) is 0 Å². The summed E-state index contributed by atoms with van der Waals surface area (Å²) >= 11 is 18.0. The van der Waals surface area contributed by atoms with E-state index in [0.717, 1.165) is 45.7 Å². The first-order chi connectivity index (χ1) is 10.2. The molecular formula is C15H20Cl3NO2. The minimum absolute atomic E-state index is 0.459. The van der Waals surface area contributed by atoms with Crippen LogP contribution < -0.4 is 4.74 Å². The zero-order valence-corrected chi connectivity index (χ0v) is 14.2. The molecule has 1 aromatic carbocycles. The van der Waals surface area contributed by atoms with Crippen molar-refractivity contribution in [3.63, 3.8) is 0 Å². The Kier molecular flexibility index (Phi) is 7.41. The molecule has 1 saturated heterocycles. The van der Waals surface area contributed by atoms with Gasteiger partial charge in [-0.05, 0) is 37.9 Å². The molecule has 0 amide bonds. The number of unbranched alkanes of at least 4 members (excludes halogenated alkanes) is 2. The summed E-state index contributed by atoms with van der Waals surface area (Å²) < 4.78 is 11.0. The highest BCUT2D eigenvalue weighted by atomic mass is 35.5. The van der Waals surface area contributed by atoms with Crippen LogP contribution in [0.25, 0.3) is 0 Å². The second kappa shape index (κ2) is 9.06. The molecule has 1 aliphatic rings. The Morgan fingerprint density at radius 1 is 1.00 bits per heavy atom. The first-order valence-electron chi connectivity index (χ1n) is 7.24. The van der Waals surface area contributed by atoms with E-state index in [1.807, 2.05) is 0 Å². The largest absolute Gasteiger partial charge is 0.490 e. The summed E-state index contributed by atoms with van der Waals surface area (Å²) in [5, 5.41) is 1.43. The van der Waals surface area contributed by atoms with Crippen LogP contribution in [0.3, 0.4) is 0 Å². The van der Waals surface area contributed by atoms with Crippen molar-refractivity contribution in [2.45, 2.75) is 19.3 Å². The fourth-order valence-electron chi connectivity index (χ4n) is 2.28. The average Bonchev–Trinajstić information content (AvgIpc) is 2.45. The van der Waals surface area contributed by atoms with Crippen LogP contribution in [0.4, 0.5) is 0 Å². The third kappa shape index (κ3) is 5.84. The van der Waals surface area contributed by atoms with E-state index >= 15 is 0 Å². The van der Waals surface area contributed by atoms with Gasteiger partial charge in [0, 0.05) is 18.1 Å². The van der Waals surface area contributed by atoms with Crippen molar-refractivity contribution in [1.82, 2.24) is 4.90 Å². The van der Waals surface area contributed by atoms with E-state index in [-0.39, 0.29) is 0 Å². The van der Waals surface area contributed by atoms with Gasteiger partial charge in [0.15, 0.2) is 5.75 Å². The molecule has 118 valence electrons. The predicted octanol–water partition coefficient (Wildman–Crippen LogP) is 4.53. The summed E-state index contributed by atoms with van der Waals surface area (Å²) in [6, 6.07) is 3.28. The first kappa shape index (κ1) is 17.2. The van der Waals surface area contributed by atoms with Crippen LogP contribution in [0.1, 0.15) is 19.3 Å². The molecule has 1 aromatic rings. The van der Waals surface area contributed by atoms with Crippen molar-refractivity contribution < 1.29 is 9.47 Å². The van der Waals surface area contributed by atoms with Gasteiger partial charge >= 0.3 is 0 Å². The Bertz CT molecular complexity index is 428. The van der Waals surface area contributed by atoms with Crippen LogP contribution in [-0.4, -0.2) is 44.4 Å². The quantitative estimate of drug-likeness (QED) is 0.673. The summed E-state index contributed by atoms with van der Waals surface area (Å²) in [6.45, 7) is 5.56. The van der Waals surface area contributed by atoms with Crippen LogP contribution in [0, 0.1) is 0 Å². The van der Waals surface area contributed by atoms with E-state index in [0.29, 0.717) is 27.4 Å². The van der Waals surface area contributed by atoms with Gasteiger partial charge < -0.3 is 9.47 Å². The molecule has 3 nitrogen and oxygen atoms in total. The average molecular weight is 353 g/mol. The maximum absolute atomic E-state index is 6.06. The topological polar surface area (TPSA) is 21.7 Å². The maximum atomic E-state index is 6.06. The molecule has 0 atom stereocenters. The summed E-state index contributed by atoms with van der Waals surface area (Å²) in [5.74, 6) is 0.524. The zero-order chi connectivity index (χ0) is 15.1. The lowest BCUT2D eigenvalue weighted by atomic mass is 10.2. The molecule has 0 N–H and O–H groups in total. The van der Waals surface area contributed by atoms with Crippen molar-refractivity contribution >= 4 is 34.8 Å². The smallest absolute Gasteiger partial charge is 0.156 e. The van der Waals surface area contributed by atoms with E-state index < -0.39 is 0 Å². The van der Waals surface area contributed by atoms with Gasteiger partial charge in [0.25, 0.3) is 0 Å². The van der Waals surface area contributed by atoms with Crippen LogP contribution >= 0.6 is 34.8 Å². The van der Waals surface area contributed by atoms with Gasteiger partial charge in [-0.15, -0.1) is 0 Å². The number of hydrogen-bond donors (Lipinski definition) is 0. The van der Waals surface area contributed by atoms with Gasteiger partial charge in [-0.2, -0.15) is 0 Å². The lowest BCUT2D eigenvalue weighted by Crippen LogP contribution is -2.36. The van der Waals surface area contributed by atoms with Gasteiger partial charge in [0.2, 0.25) is 0 Å². The number of morpholine rings is 1. The van der Waals surface area contributed by atoms with Crippen LogP contribution in [0.5, 0.6) is 5.75 Å². The third-order valence-electron chi connectivity index (χ3n) is 3.43. The molecule has 0 saturated carbocycles. The normalized spacial score (nSPS) is 16.1. The molecular weight excluding hydrogens is 333 g/mol. The number of halogens is 3. The lowest BCUT2D eigenvalue weighted by Gasteiger charge is -2.26. The van der Waals surface area contributed by atoms with Crippen molar-refractivity contribution in [2.75, 3.05) is 39.5 Å². The highest BCUT2D eigenvalue weighted by Crippen LogP contribution is 2.35. The number of hydrogen-bond acceptors (Lipinski definition) is 3. The van der Waals surface area contributed by atoms with E-state index in [9.17, 15) is 0 Å². The molecule has 0 aromatic heterocycles. The summed E-state index contributed by atoms with van der Waals surface area (Å²) in [6.07, 6.45) is 3.28. The van der Waals surface area contributed by atoms with Gasteiger partial charge in [-0.1, -0.05) is 34.8 Å². The van der Waals surface area contributed by atoms with E-state index in [4.69, 9.17) is 44.3 Å². The summed E-state index contributed by atoms with van der Waals surface area (Å²) in [5.41, 5.74) is 0. The van der Waals surface area contributed by atoms with Gasteiger partial charge in [-0.3, -0.25) is 4.90 Å². The fourth-order valence-corrected chi connectivity index (χ4v) is 3.21. The van der Waals surface area contributed by atoms with E-state index in [1.165, 1.54) is 6.42 Å². The molecule has 0 bridgehead atoms. The Morgan fingerprint density at radius 2 is 1.67 bits per heavy atom.